The Morgan fingerprint density at radius 2 is 1.84 bits per heavy atom. The predicted molar refractivity (Wildman–Crippen MR) is 72.6 cm³/mol. The molecule has 0 heterocycles. The molecule has 0 unspecified atom stereocenters. The number of halogens is 1. The number of rotatable bonds is 3. The van der Waals surface area contributed by atoms with Crippen LogP contribution in [0.25, 0.3) is 0 Å². The maximum atomic E-state index is 13.2. The maximum Gasteiger partial charge on any atom is 0.337 e. The van der Waals surface area contributed by atoms with Gasteiger partial charge in [0.15, 0.2) is 0 Å². The summed E-state index contributed by atoms with van der Waals surface area (Å²) in [6.07, 6.45) is 0. The Bertz CT molecular complexity index is 638. The van der Waals surface area contributed by atoms with E-state index in [0.717, 1.165) is 22.9 Å². The largest absolute Gasteiger partial charge is 0.478 e. The summed E-state index contributed by atoms with van der Waals surface area (Å²) in [6, 6.07) is 9.31. The number of aryl methyl sites for hydroxylation is 2. The van der Waals surface area contributed by atoms with E-state index in [1.807, 2.05) is 32.0 Å². The minimum Gasteiger partial charge on any atom is -0.478 e. The van der Waals surface area contributed by atoms with Crippen LogP contribution in [0.4, 0.5) is 15.8 Å². The van der Waals surface area contributed by atoms with Gasteiger partial charge in [-0.1, -0.05) is 17.7 Å². The van der Waals surface area contributed by atoms with Crippen LogP contribution in [-0.4, -0.2) is 11.1 Å². The number of nitrogens with one attached hydrogen (secondary N) is 1. The summed E-state index contributed by atoms with van der Waals surface area (Å²) in [5.41, 5.74) is 3.14. The number of benzene rings is 2. The van der Waals surface area contributed by atoms with Crippen LogP contribution in [0.5, 0.6) is 0 Å². The van der Waals surface area contributed by atoms with Gasteiger partial charge < -0.3 is 10.4 Å². The summed E-state index contributed by atoms with van der Waals surface area (Å²) in [5.74, 6) is -1.57. The van der Waals surface area contributed by atoms with Gasteiger partial charge in [-0.25, -0.2) is 9.18 Å². The van der Waals surface area contributed by atoms with Crippen molar-refractivity contribution in [2.24, 2.45) is 0 Å². The van der Waals surface area contributed by atoms with Gasteiger partial charge in [0.1, 0.15) is 5.82 Å². The Hall–Kier alpha value is -2.36. The summed E-state index contributed by atoms with van der Waals surface area (Å²) in [4.78, 5) is 11.1. The van der Waals surface area contributed by atoms with E-state index < -0.39 is 11.8 Å². The highest BCUT2D eigenvalue weighted by atomic mass is 19.1. The summed E-state index contributed by atoms with van der Waals surface area (Å²) >= 11 is 0. The van der Waals surface area contributed by atoms with Gasteiger partial charge in [-0.15, -0.1) is 0 Å². The molecule has 0 saturated heterocycles. The van der Waals surface area contributed by atoms with Gasteiger partial charge >= 0.3 is 5.97 Å². The first-order valence-corrected chi connectivity index (χ1v) is 5.84. The molecule has 0 aliphatic heterocycles. The first kappa shape index (κ1) is 13.1. The Kier molecular flexibility index (Phi) is 3.51. The number of carbonyl (C=O) groups is 1. The summed E-state index contributed by atoms with van der Waals surface area (Å²) in [5, 5.41) is 12.1. The minimum absolute atomic E-state index is 0.0429. The van der Waals surface area contributed by atoms with Crippen molar-refractivity contribution >= 4 is 17.3 Å². The molecule has 0 aromatic heterocycles. The fourth-order valence-corrected chi connectivity index (χ4v) is 1.91. The zero-order valence-electron chi connectivity index (χ0n) is 10.7. The fourth-order valence-electron chi connectivity index (χ4n) is 1.91. The molecule has 0 aliphatic carbocycles. The van der Waals surface area contributed by atoms with Crippen LogP contribution in [0.1, 0.15) is 21.5 Å². The van der Waals surface area contributed by atoms with Gasteiger partial charge in [-0.2, -0.15) is 0 Å². The maximum absolute atomic E-state index is 13.2. The van der Waals surface area contributed by atoms with Crippen molar-refractivity contribution in [1.82, 2.24) is 0 Å². The van der Waals surface area contributed by atoms with E-state index in [4.69, 9.17) is 5.11 Å². The van der Waals surface area contributed by atoms with E-state index in [0.29, 0.717) is 0 Å². The van der Waals surface area contributed by atoms with Crippen LogP contribution in [0, 0.1) is 19.7 Å². The molecule has 0 atom stereocenters. The highest BCUT2D eigenvalue weighted by molar-refractivity contribution is 5.95. The van der Waals surface area contributed by atoms with Crippen molar-refractivity contribution < 1.29 is 14.3 Å². The molecule has 3 nitrogen and oxygen atoms in total. The van der Waals surface area contributed by atoms with E-state index in [9.17, 15) is 9.18 Å². The van der Waals surface area contributed by atoms with E-state index in [1.54, 1.807) is 0 Å². The number of hydrogen-bond acceptors (Lipinski definition) is 2. The first-order chi connectivity index (χ1) is 8.97. The lowest BCUT2D eigenvalue weighted by atomic mass is 10.1. The molecular formula is C15H14FNO2. The molecule has 0 radical (unpaired) electrons. The number of carboxylic acid groups (broad SMARTS) is 1. The predicted octanol–water partition coefficient (Wildman–Crippen LogP) is 3.88. The molecule has 19 heavy (non-hydrogen) atoms. The molecule has 2 rings (SSSR count). The van der Waals surface area contributed by atoms with Crippen molar-refractivity contribution in [2.45, 2.75) is 13.8 Å². The van der Waals surface area contributed by atoms with E-state index >= 15 is 0 Å². The quantitative estimate of drug-likeness (QED) is 0.879. The third-order valence-electron chi connectivity index (χ3n) is 2.86. The smallest absolute Gasteiger partial charge is 0.337 e. The fraction of sp³-hybridized carbons (Fsp3) is 0.133. The summed E-state index contributed by atoms with van der Waals surface area (Å²) < 4.78 is 13.2. The van der Waals surface area contributed by atoms with Crippen molar-refractivity contribution in [3.63, 3.8) is 0 Å². The molecule has 2 aromatic carbocycles. The van der Waals surface area contributed by atoms with Crippen molar-refractivity contribution in [3.8, 4) is 0 Å². The van der Waals surface area contributed by atoms with E-state index in [-0.39, 0.29) is 11.3 Å². The number of hydrogen-bond donors (Lipinski definition) is 2. The molecule has 0 amide bonds. The highest BCUT2D eigenvalue weighted by Gasteiger charge is 2.11. The standard InChI is InChI=1S/C15H14FNO2/c1-9-3-6-13(10(2)7-9)17-14-8-11(16)4-5-12(14)15(18)19/h3-8,17H,1-2H3,(H,18,19). The van der Waals surface area contributed by atoms with Crippen LogP contribution in [-0.2, 0) is 0 Å². The number of aromatic carboxylic acids is 1. The topological polar surface area (TPSA) is 49.3 Å². The molecule has 0 saturated carbocycles. The second-order valence-corrected chi connectivity index (χ2v) is 4.44. The molecule has 0 aliphatic rings. The number of anilines is 2. The van der Waals surface area contributed by atoms with Crippen LogP contribution in [0.2, 0.25) is 0 Å². The average molecular weight is 259 g/mol. The van der Waals surface area contributed by atoms with Crippen LogP contribution in [0.15, 0.2) is 36.4 Å². The molecule has 2 aromatic rings. The monoisotopic (exact) mass is 259 g/mol. The van der Waals surface area contributed by atoms with Crippen LogP contribution in [0.3, 0.4) is 0 Å². The lowest BCUT2D eigenvalue weighted by Gasteiger charge is -2.12. The summed E-state index contributed by atoms with van der Waals surface area (Å²) in [6.45, 7) is 3.89. The van der Waals surface area contributed by atoms with E-state index in [1.165, 1.54) is 12.1 Å². The van der Waals surface area contributed by atoms with Crippen molar-refractivity contribution in [3.05, 3.63) is 58.9 Å². The number of carboxylic acids is 1. The van der Waals surface area contributed by atoms with Gasteiger partial charge in [-0.3, -0.25) is 0 Å². The lowest BCUT2D eigenvalue weighted by molar-refractivity contribution is 0.0698. The highest BCUT2D eigenvalue weighted by Crippen LogP contribution is 2.25. The lowest BCUT2D eigenvalue weighted by Crippen LogP contribution is -2.04. The van der Waals surface area contributed by atoms with Gasteiger partial charge in [0.05, 0.1) is 11.3 Å². The van der Waals surface area contributed by atoms with Gasteiger partial charge in [-0.05, 0) is 43.7 Å². The third kappa shape index (κ3) is 2.91. The van der Waals surface area contributed by atoms with Crippen molar-refractivity contribution in [1.29, 1.82) is 0 Å². The molecule has 0 bridgehead atoms. The zero-order chi connectivity index (χ0) is 14.0. The Balaban J connectivity index is 2.42. The van der Waals surface area contributed by atoms with E-state index in [2.05, 4.69) is 5.32 Å². The van der Waals surface area contributed by atoms with Crippen molar-refractivity contribution in [2.75, 3.05) is 5.32 Å². The first-order valence-electron chi connectivity index (χ1n) is 5.84. The average Bonchev–Trinajstić information content (AvgIpc) is 2.32. The van der Waals surface area contributed by atoms with Crippen LogP contribution < -0.4 is 5.32 Å². The third-order valence-corrected chi connectivity index (χ3v) is 2.86. The second kappa shape index (κ2) is 5.10. The van der Waals surface area contributed by atoms with Gasteiger partial charge in [0, 0.05) is 5.69 Å². The summed E-state index contributed by atoms with van der Waals surface area (Å²) in [7, 11) is 0. The van der Waals surface area contributed by atoms with Gasteiger partial charge in [0.25, 0.3) is 0 Å². The second-order valence-electron chi connectivity index (χ2n) is 4.44. The Morgan fingerprint density at radius 3 is 2.47 bits per heavy atom. The molecule has 98 valence electrons. The molecular weight excluding hydrogens is 245 g/mol. The Morgan fingerprint density at radius 1 is 1.11 bits per heavy atom. The molecule has 4 heteroatoms. The molecule has 0 spiro atoms. The minimum atomic E-state index is -1.09. The molecule has 0 fully saturated rings. The SMILES string of the molecule is Cc1ccc(Nc2cc(F)ccc2C(=O)O)c(C)c1. The zero-order valence-corrected chi connectivity index (χ0v) is 10.7. The Labute approximate surface area is 110 Å². The molecule has 2 N–H and O–H groups in total. The normalized spacial score (nSPS) is 10.3. The van der Waals surface area contributed by atoms with Gasteiger partial charge in [0.2, 0.25) is 0 Å². The van der Waals surface area contributed by atoms with Crippen LogP contribution >= 0.6 is 0 Å².